The molecular weight excluding hydrogens is 402 g/mol. The van der Waals surface area contributed by atoms with Crippen LogP contribution in [-0.4, -0.2) is 21.2 Å². The highest BCUT2D eigenvalue weighted by Crippen LogP contribution is 2.31. The van der Waals surface area contributed by atoms with Crippen LogP contribution in [0.3, 0.4) is 0 Å². The monoisotopic (exact) mass is 425 g/mol. The number of ether oxygens (including phenoxy) is 1. The van der Waals surface area contributed by atoms with Crippen LogP contribution in [0.1, 0.15) is 39.7 Å². The molecule has 7 heteroatoms. The molecule has 4 aromatic rings. The molecule has 0 saturated heterocycles. The van der Waals surface area contributed by atoms with Gasteiger partial charge in [0.25, 0.3) is 0 Å². The highest BCUT2D eigenvalue weighted by Gasteiger charge is 2.21. The molecule has 7 nitrogen and oxygen atoms in total. The largest absolute Gasteiger partial charge is 0.443 e. The maximum atomic E-state index is 9.98. The van der Waals surface area contributed by atoms with Gasteiger partial charge in [-0.05, 0) is 57.5 Å². The molecule has 0 amide bonds. The van der Waals surface area contributed by atoms with Crippen LogP contribution in [0.5, 0.6) is 0 Å². The number of benzene rings is 1. The first kappa shape index (κ1) is 21.2. The first-order valence-electron chi connectivity index (χ1n) is 10.2. The van der Waals surface area contributed by atoms with E-state index in [2.05, 4.69) is 17.1 Å². The molecule has 0 unspecified atom stereocenters. The number of nitrogens with zero attached hydrogens (tertiary/aromatic N) is 5. The second-order valence-corrected chi connectivity index (χ2v) is 7.68. The van der Waals surface area contributed by atoms with E-state index >= 15 is 0 Å². The van der Waals surface area contributed by atoms with E-state index < -0.39 is 0 Å². The Kier molecular flexibility index (Phi) is 5.44. The molecule has 0 spiro atoms. The van der Waals surface area contributed by atoms with Gasteiger partial charge in [-0.15, -0.1) is 0 Å². The van der Waals surface area contributed by atoms with Gasteiger partial charge in [-0.2, -0.15) is 10.5 Å². The third-order valence-corrected chi connectivity index (χ3v) is 5.73. The summed E-state index contributed by atoms with van der Waals surface area (Å²) in [5.74, 6) is 1.76. The number of nitriles is 2. The van der Waals surface area contributed by atoms with Gasteiger partial charge in [-0.1, -0.05) is 12.1 Å². The van der Waals surface area contributed by atoms with Gasteiger partial charge in [0.1, 0.15) is 30.2 Å². The van der Waals surface area contributed by atoms with E-state index in [0.717, 1.165) is 33.5 Å². The highest BCUT2D eigenvalue weighted by molar-refractivity contribution is 5.91. The van der Waals surface area contributed by atoms with Crippen LogP contribution in [0.15, 0.2) is 34.7 Å². The molecule has 0 N–H and O–H groups in total. The number of rotatable bonds is 5. The van der Waals surface area contributed by atoms with Crippen LogP contribution in [0.4, 0.5) is 0 Å². The van der Waals surface area contributed by atoms with Gasteiger partial charge in [0.15, 0.2) is 5.82 Å². The molecule has 3 aromatic heterocycles. The number of aromatic nitrogens is 3. The Labute approximate surface area is 186 Å². The third-order valence-electron chi connectivity index (χ3n) is 5.73. The molecule has 1 aromatic carbocycles. The molecule has 0 bridgehead atoms. The molecule has 3 heterocycles. The summed E-state index contributed by atoms with van der Waals surface area (Å²) < 4.78 is 15.1. The van der Waals surface area contributed by atoms with Gasteiger partial charge in [0, 0.05) is 24.1 Å². The fraction of sp³-hybridized carbons (Fsp3) is 0.240. The van der Waals surface area contributed by atoms with Crippen molar-refractivity contribution in [3.8, 4) is 18.0 Å². The fourth-order valence-electron chi connectivity index (χ4n) is 3.99. The number of hydrogen-bond acceptors (Lipinski definition) is 5. The zero-order valence-corrected chi connectivity index (χ0v) is 18.7. The average molecular weight is 425 g/mol. The van der Waals surface area contributed by atoms with Crippen molar-refractivity contribution in [1.29, 1.82) is 10.5 Å². The molecule has 0 aliphatic rings. The highest BCUT2D eigenvalue weighted by atomic mass is 16.5. The van der Waals surface area contributed by atoms with E-state index in [1.165, 1.54) is 0 Å². The number of methoxy groups -OCH3 is 1. The van der Waals surface area contributed by atoms with Crippen LogP contribution in [0.2, 0.25) is 0 Å². The van der Waals surface area contributed by atoms with Crippen molar-refractivity contribution < 1.29 is 9.15 Å². The van der Waals surface area contributed by atoms with Crippen LogP contribution in [-0.2, 0) is 11.5 Å². The Balaban J connectivity index is 1.89. The Bertz CT molecular complexity index is 1450. The summed E-state index contributed by atoms with van der Waals surface area (Å²) >= 11 is 0. The van der Waals surface area contributed by atoms with Crippen molar-refractivity contribution in [2.75, 3.05) is 7.11 Å². The summed E-state index contributed by atoms with van der Waals surface area (Å²) in [5, 5.41) is 19.6. The molecular formula is C25H23N5O2. The maximum absolute atomic E-state index is 9.98. The first-order chi connectivity index (χ1) is 15.4. The smallest absolute Gasteiger partial charge is 0.222 e. The van der Waals surface area contributed by atoms with Crippen molar-refractivity contribution in [2.24, 2.45) is 0 Å². The molecule has 0 atom stereocenters. The van der Waals surface area contributed by atoms with E-state index in [-0.39, 0.29) is 6.73 Å². The lowest BCUT2D eigenvalue weighted by molar-refractivity contribution is 0.133. The molecule has 0 radical (unpaired) electrons. The topological polar surface area (TPSA) is 92.7 Å². The van der Waals surface area contributed by atoms with Crippen LogP contribution in [0.25, 0.3) is 28.6 Å². The van der Waals surface area contributed by atoms with E-state index in [4.69, 9.17) is 9.15 Å². The lowest BCUT2D eigenvalue weighted by atomic mass is 10.1. The standard InChI is InChI=1S/C25H23N5O2/c1-15-10-19(17(3)30(15)25-21(13-27)16(2)18(4)32-25)11-20(12-26)24-28-22-8-6-7-9-23(22)29(24)14-31-5/h6-11H,14H2,1-5H3/b20-11+. The maximum Gasteiger partial charge on any atom is 0.222 e. The van der Waals surface area contributed by atoms with Crippen molar-refractivity contribution in [1.82, 2.24) is 14.1 Å². The minimum atomic E-state index is 0.282. The summed E-state index contributed by atoms with van der Waals surface area (Å²) in [6.45, 7) is 7.90. The average Bonchev–Trinajstić information content (AvgIpc) is 3.38. The molecule has 0 fully saturated rings. The third kappa shape index (κ3) is 3.30. The first-order valence-corrected chi connectivity index (χ1v) is 10.2. The normalized spacial score (nSPS) is 11.7. The molecule has 160 valence electrons. The van der Waals surface area contributed by atoms with E-state index in [0.29, 0.717) is 28.6 Å². The van der Waals surface area contributed by atoms with E-state index in [9.17, 15) is 10.5 Å². The Morgan fingerprint density at radius 1 is 1.19 bits per heavy atom. The number of hydrogen-bond donors (Lipinski definition) is 0. The van der Waals surface area contributed by atoms with Crippen molar-refractivity contribution >= 4 is 22.7 Å². The van der Waals surface area contributed by atoms with E-state index in [1.54, 1.807) is 7.11 Å². The van der Waals surface area contributed by atoms with Crippen molar-refractivity contribution in [2.45, 2.75) is 34.4 Å². The van der Waals surface area contributed by atoms with Crippen molar-refractivity contribution in [3.63, 3.8) is 0 Å². The van der Waals surface area contributed by atoms with E-state index in [1.807, 2.05) is 73.2 Å². The van der Waals surface area contributed by atoms with Crippen LogP contribution in [0, 0.1) is 50.4 Å². The van der Waals surface area contributed by atoms with Crippen molar-refractivity contribution in [3.05, 3.63) is 70.0 Å². The SMILES string of the molecule is COCn1c(/C(C#N)=C/c2cc(C)n(-c3oc(C)c(C)c3C#N)c2C)nc2ccccc21. The van der Waals surface area contributed by atoms with Gasteiger partial charge >= 0.3 is 0 Å². The summed E-state index contributed by atoms with van der Waals surface area (Å²) in [6, 6.07) is 14.2. The molecule has 0 aliphatic heterocycles. The van der Waals surface area contributed by atoms with Gasteiger partial charge in [-0.25, -0.2) is 4.98 Å². The minimum Gasteiger partial charge on any atom is -0.443 e. The number of imidazole rings is 1. The van der Waals surface area contributed by atoms with Crippen LogP contribution >= 0.6 is 0 Å². The second kappa shape index (κ2) is 8.22. The number of allylic oxidation sites excluding steroid dienone is 1. The summed E-state index contributed by atoms with van der Waals surface area (Å²) in [7, 11) is 1.61. The van der Waals surface area contributed by atoms with Gasteiger partial charge in [0.2, 0.25) is 5.88 Å². The number of para-hydroxylation sites is 2. The Morgan fingerprint density at radius 3 is 2.62 bits per heavy atom. The second-order valence-electron chi connectivity index (χ2n) is 7.68. The molecule has 4 rings (SSSR count). The van der Waals surface area contributed by atoms with Gasteiger partial charge in [-0.3, -0.25) is 9.13 Å². The lowest BCUT2D eigenvalue weighted by Crippen LogP contribution is -2.04. The zero-order valence-electron chi connectivity index (χ0n) is 18.7. The Hall–Kier alpha value is -4.07. The summed E-state index contributed by atoms with van der Waals surface area (Å²) in [5.41, 5.74) is 6.09. The number of fused-ring (bicyclic) bond motifs is 1. The lowest BCUT2D eigenvalue weighted by Gasteiger charge is -2.08. The number of aryl methyl sites for hydroxylation is 2. The Morgan fingerprint density at radius 2 is 1.94 bits per heavy atom. The summed E-state index contributed by atoms with van der Waals surface area (Å²) in [4.78, 5) is 4.68. The van der Waals surface area contributed by atoms with Crippen LogP contribution < -0.4 is 0 Å². The predicted octanol–water partition coefficient (Wildman–Crippen LogP) is 5.19. The molecule has 0 aliphatic carbocycles. The zero-order chi connectivity index (χ0) is 23.0. The minimum absolute atomic E-state index is 0.282. The molecule has 32 heavy (non-hydrogen) atoms. The molecule has 0 saturated carbocycles. The van der Waals surface area contributed by atoms with Gasteiger partial charge < -0.3 is 9.15 Å². The number of furan rings is 1. The fourth-order valence-corrected chi connectivity index (χ4v) is 3.99. The predicted molar refractivity (Wildman–Crippen MR) is 122 cm³/mol. The quantitative estimate of drug-likeness (QED) is 0.410. The summed E-state index contributed by atoms with van der Waals surface area (Å²) in [6.07, 6.45) is 1.82. The van der Waals surface area contributed by atoms with Gasteiger partial charge in [0.05, 0.1) is 16.6 Å².